The molecule has 0 bridgehead atoms. The summed E-state index contributed by atoms with van der Waals surface area (Å²) in [7, 11) is 5.39. The second kappa shape index (κ2) is 19.0. The van der Waals surface area contributed by atoms with Gasteiger partial charge in [0.1, 0.15) is 18.1 Å². The molecule has 2 heterocycles. The minimum Gasteiger partial charge on any atom is -0.350 e. The van der Waals surface area contributed by atoms with Crippen molar-refractivity contribution in [1.82, 2.24) is 24.9 Å². The lowest BCUT2D eigenvalue weighted by Gasteiger charge is -2.38. The second-order valence-corrected chi connectivity index (χ2v) is 16.7. The minimum atomic E-state index is -0.804. The molecule has 1 N–H and O–H groups in total. The van der Waals surface area contributed by atoms with Crippen LogP contribution in [0.5, 0.6) is 0 Å². The van der Waals surface area contributed by atoms with Crippen molar-refractivity contribution in [3.05, 3.63) is 35.4 Å². The summed E-state index contributed by atoms with van der Waals surface area (Å²) in [5.74, 6) is -1.19. The minimum absolute atomic E-state index is 0.00974. The van der Waals surface area contributed by atoms with Gasteiger partial charge in [-0.3, -0.25) is 33.7 Å². The van der Waals surface area contributed by atoms with E-state index in [1.54, 1.807) is 23.8 Å². The molecule has 0 aromatic heterocycles. The fourth-order valence-corrected chi connectivity index (χ4v) is 8.26. The lowest BCUT2D eigenvalue weighted by molar-refractivity contribution is -0.154. The summed E-state index contributed by atoms with van der Waals surface area (Å²) in [6, 6.07) is 5.31. The Bertz CT molecular complexity index is 1390. The summed E-state index contributed by atoms with van der Waals surface area (Å²) >= 11 is 1.25. The van der Waals surface area contributed by atoms with Crippen LogP contribution in [0.3, 0.4) is 0 Å². The normalized spacial score (nSPS) is 19.5. The van der Waals surface area contributed by atoms with Crippen LogP contribution in [0.25, 0.3) is 0 Å². The van der Waals surface area contributed by atoms with E-state index in [1.807, 2.05) is 84.8 Å². The number of ketones is 1. The molecule has 0 radical (unpaired) electrons. The summed E-state index contributed by atoms with van der Waals surface area (Å²) < 4.78 is 0. The third kappa shape index (κ3) is 10.9. The molecule has 5 unspecified atom stereocenters. The molecule has 0 spiro atoms. The van der Waals surface area contributed by atoms with Crippen molar-refractivity contribution in [3.8, 4) is 0 Å². The van der Waals surface area contributed by atoms with Crippen molar-refractivity contribution < 1.29 is 28.8 Å². The van der Waals surface area contributed by atoms with E-state index in [1.165, 1.54) is 16.7 Å². The highest BCUT2D eigenvalue weighted by atomic mass is 32.2. The fraction of sp³-hybridized carbons (Fsp3) is 0.692. The van der Waals surface area contributed by atoms with Crippen LogP contribution in [-0.4, -0.2) is 113 Å². The average Bonchev–Trinajstić information content (AvgIpc) is 3.75. The van der Waals surface area contributed by atoms with Gasteiger partial charge in [0.25, 0.3) is 0 Å². The van der Waals surface area contributed by atoms with Crippen LogP contribution in [0.15, 0.2) is 24.3 Å². The average molecular weight is 728 g/mol. The van der Waals surface area contributed by atoms with Gasteiger partial charge in [0, 0.05) is 51.7 Å². The first-order chi connectivity index (χ1) is 24.0. The van der Waals surface area contributed by atoms with E-state index in [0.717, 1.165) is 11.1 Å². The number of nitrogens with one attached hydrogen (secondary N) is 1. The Kier molecular flexibility index (Phi) is 15.7. The molecule has 4 amide bonds. The van der Waals surface area contributed by atoms with E-state index >= 15 is 0 Å². The van der Waals surface area contributed by atoms with Gasteiger partial charge in [0.15, 0.2) is 10.9 Å². The highest BCUT2D eigenvalue weighted by molar-refractivity contribution is 8.12. The van der Waals surface area contributed by atoms with Gasteiger partial charge in [-0.1, -0.05) is 77.6 Å². The highest BCUT2D eigenvalue weighted by Crippen LogP contribution is 2.29. The first-order valence-corrected chi connectivity index (χ1v) is 19.5. The molecule has 2 aliphatic rings. The Labute approximate surface area is 309 Å². The largest absolute Gasteiger partial charge is 0.350 e. The van der Waals surface area contributed by atoms with Crippen molar-refractivity contribution in [1.29, 1.82) is 0 Å². The smallest absolute Gasteiger partial charge is 0.246 e. The monoisotopic (exact) mass is 727 g/mol. The predicted octanol–water partition coefficient (Wildman–Crippen LogP) is 4.37. The number of rotatable bonds is 16. The van der Waals surface area contributed by atoms with E-state index in [9.17, 15) is 28.8 Å². The Balaban J connectivity index is 1.70. The molecule has 1 aromatic rings. The lowest BCUT2D eigenvalue weighted by Crippen LogP contribution is -2.58. The Morgan fingerprint density at radius 1 is 0.784 bits per heavy atom. The molecular weight excluding hydrogens is 667 g/mol. The molecular formula is C39H61N5O6S. The first-order valence-electron chi connectivity index (χ1n) is 18.5. The third-order valence-electron chi connectivity index (χ3n) is 10.3. The number of amides is 4. The maximum Gasteiger partial charge on any atom is 0.246 e. The van der Waals surface area contributed by atoms with Gasteiger partial charge in [-0.15, -0.1) is 0 Å². The highest BCUT2D eigenvalue weighted by Gasteiger charge is 2.45. The van der Waals surface area contributed by atoms with E-state index in [4.69, 9.17) is 0 Å². The molecule has 51 heavy (non-hydrogen) atoms. The van der Waals surface area contributed by atoms with Crippen molar-refractivity contribution in [2.75, 3.05) is 34.2 Å². The SMILES string of the molecule is CC(=O)SCc1ccc(CNC(=O)C2CCCN2C(=O)C2CCCN2C(=O)C(C(C)C)N(C)C(=O)C(CC(=O)C(C(C)C)N(C)C)C(C)C)cc1. The number of carbonyl (C=O) groups excluding carboxylic acids is 6. The van der Waals surface area contributed by atoms with Gasteiger partial charge in [-0.25, -0.2) is 0 Å². The van der Waals surface area contributed by atoms with E-state index < -0.39 is 24.0 Å². The number of benzene rings is 1. The molecule has 5 atom stereocenters. The summed E-state index contributed by atoms with van der Waals surface area (Å²) in [6.07, 6.45) is 2.48. The molecule has 0 aliphatic carbocycles. The van der Waals surface area contributed by atoms with Gasteiger partial charge in [-0.05, 0) is 68.7 Å². The number of likely N-dealkylation sites (N-methyl/N-ethyl adjacent to an activating group) is 2. The lowest BCUT2D eigenvalue weighted by atomic mass is 9.84. The van der Waals surface area contributed by atoms with Crippen LogP contribution >= 0.6 is 11.8 Å². The van der Waals surface area contributed by atoms with Crippen LogP contribution in [0.1, 0.15) is 91.7 Å². The van der Waals surface area contributed by atoms with Gasteiger partial charge in [-0.2, -0.15) is 0 Å². The summed E-state index contributed by atoms with van der Waals surface area (Å²) in [5.41, 5.74) is 1.95. The Morgan fingerprint density at radius 3 is 1.86 bits per heavy atom. The molecule has 2 fully saturated rings. The quantitative estimate of drug-likeness (QED) is 0.266. The maximum absolute atomic E-state index is 14.3. The van der Waals surface area contributed by atoms with E-state index in [-0.39, 0.29) is 64.7 Å². The topological polar surface area (TPSA) is 127 Å². The molecule has 2 aliphatic heterocycles. The zero-order valence-electron chi connectivity index (χ0n) is 32.4. The molecule has 12 heteroatoms. The molecule has 3 rings (SSSR count). The first kappa shape index (κ1) is 42.2. The summed E-state index contributed by atoms with van der Waals surface area (Å²) in [5, 5.41) is 3.05. The van der Waals surface area contributed by atoms with Gasteiger partial charge < -0.3 is 20.0 Å². The van der Waals surface area contributed by atoms with Crippen LogP contribution in [0.2, 0.25) is 0 Å². The van der Waals surface area contributed by atoms with Crippen molar-refractivity contribution in [2.45, 2.75) is 117 Å². The predicted molar refractivity (Wildman–Crippen MR) is 201 cm³/mol. The van der Waals surface area contributed by atoms with Crippen molar-refractivity contribution >= 4 is 46.3 Å². The number of nitrogens with zero attached hydrogens (tertiary/aromatic N) is 4. The van der Waals surface area contributed by atoms with Gasteiger partial charge >= 0.3 is 0 Å². The maximum atomic E-state index is 14.3. The molecule has 0 saturated carbocycles. The standard InChI is InChI=1S/C39H61N5O6S/c1-24(2)30(21-33(46)34(25(3)4)41(8)9)37(48)42(10)35(26(5)6)39(50)44-20-12-14-32(44)38(49)43-19-11-13-31(43)36(47)40-22-28-15-17-29(18-16-28)23-51-27(7)45/h15-18,24-26,30-32,34-35H,11-14,19-23H2,1-10H3,(H,40,47). The van der Waals surface area contributed by atoms with Gasteiger partial charge in [0.05, 0.1) is 6.04 Å². The second-order valence-electron chi connectivity index (χ2n) is 15.5. The number of hydrogen-bond donors (Lipinski definition) is 1. The zero-order valence-corrected chi connectivity index (χ0v) is 33.3. The number of likely N-dealkylation sites (tertiary alicyclic amines) is 2. The van der Waals surface area contributed by atoms with Crippen molar-refractivity contribution in [3.63, 3.8) is 0 Å². The Hall–Kier alpha value is -3.25. The number of carbonyl (C=O) groups is 6. The van der Waals surface area contributed by atoms with Crippen LogP contribution in [-0.2, 0) is 41.1 Å². The zero-order chi connectivity index (χ0) is 38.2. The number of thioether (sulfide) groups is 1. The fourth-order valence-electron chi connectivity index (χ4n) is 7.70. The third-order valence-corrected chi connectivity index (χ3v) is 11.2. The van der Waals surface area contributed by atoms with Crippen LogP contribution < -0.4 is 5.32 Å². The summed E-state index contributed by atoms with van der Waals surface area (Å²) in [4.78, 5) is 87.2. The molecule has 11 nitrogen and oxygen atoms in total. The van der Waals surface area contributed by atoms with Crippen molar-refractivity contribution in [2.24, 2.45) is 23.7 Å². The molecule has 1 aromatic carbocycles. The van der Waals surface area contributed by atoms with Crippen LogP contribution in [0.4, 0.5) is 0 Å². The number of hydrogen-bond acceptors (Lipinski definition) is 8. The Morgan fingerprint density at radius 2 is 1.33 bits per heavy atom. The molecule has 2 saturated heterocycles. The van der Waals surface area contributed by atoms with E-state index in [2.05, 4.69) is 5.32 Å². The number of Topliss-reactive ketones (excluding diaryl/α,β-unsaturated/α-hetero) is 1. The van der Waals surface area contributed by atoms with E-state index in [0.29, 0.717) is 51.1 Å². The molecule has 284 valence electrons. The van der Waals surface area contributed by atoms with Crippen LogP contribution in [0, 0.1) is 23.7 Å². The summed E-state index contributed by atoms with van der Waals surface area (Å²) in [6.45, 7) is 14.4. The van der Waals surface area contributed by atoms with Gasteiger partial charge in [0.2, 0.25) is 23.6 Å².